The third-order valence-corrected chi connectivity index (χ3v) is 5.83. The van der Waals surface area contributed by atoms with Crippen LogP contribution in [0.3, 0.4) is 0 Å². The van der Waals surface area contributed by atoms with Crippen LogP contribution in [0.5, 0.6) is 0 Å². The van der Waals surface area contributed by atoms with Crippen LogP contribution in [0.15, 0.2) is 23.8 Å². The lowest BCUT2D eigenvalue weighted by Gasteiger charge is -2.34. The van der Waals surface area contributed by atoms with Crippen molar-refractivity contribution in [3.63, 3.8) is 0 Å². The third kappa shape index (κ3) is 2.20. The minimum absolute atomic E-state index is 0.0262. The lowest BCUT2D eigenvalue weighted by Crippen LogP contribution is -2.50. The summed E-state index contributed by atoms with van der Waals surface area (Å²) in [6, 6.07) is 0. The summed E-state index contributed by atoms with van der Waals surface area (Å²) in [7, 11) is 1.60. The molecular formula is C18H24O4. The van der Waals surface area contributed by atoms with E-state index in [2.05, 4.69) is 13.0 Å². The van der Waals surface area contributed by atoms with E-state index in [1.54, 1.807) is 18.8 Å². The van der Waals surface area contributed by atoms with Gasteiger partial charge in [0.05, 0.1) is 18.6 Å². The van der Waals surface area contributed by atoms with E-state index in [4.69, 9.17) is 14.2 Å². The molecule has 0 bridgehead atoms. The molecule has 2 heterocycles. The first-order valence-corrected chi connectivity index (χ1v) is 8.35. The van der Waals surface area contributed by atoms with Gasteiger partial charge >= 0.3 is 0 Å². The second-order valence-electron chi connectivity index (χ2n) is 7.21. The highest BCUT2D eigenvalue weighted by Gasteiger charge is 2.70. The quantitative estimate of drug-likeness (QED) is 0.592. The van der Waals surface area contributed by atoms with E-state index in [1.807, 2.05) is 6.08 Å². The van der Waals surface area contributed by atoms with Gasteiger partial charge in [-0.1, -0.05) is 11.6 Å². The molecule has 1 saturated carbocycles. The maximum absolute atomic E-state index is 12.2. The van der Waals surface area contributed by atoms with E-state index >= 15 is 0 Å². The van der Waals surface area contributed by atoms with E-state index < -0.39 is 6.10 Å². The van der Waals surface area contributed by atoms with Crippen molar-refractivity contribution in [1.29, 1.82) is 0 Å². The number of ether oxygens (including phenoxy) is 3. The first-order valence-electron chi connectivity index (χ1n) is 8.35. The molecule has 5 unspecified atom stereocenters. The molecule has 0 amide bonds. The molecule has 1 spiro atoms. The van der Waals surface area contributed by atoms with Gasteiger partial charge in [0.15, 0.2) is 5.78 Å². The van der Waals surface area contributed by atoms with Gasteiger partial charge in [0.1, 0.15) is 17.3 Å². The summed E-state index contributed by atoms with van der Waals surface area (Å²) in [6.45, 7) is 2.77. The number of carbonyl (C=O) groups is 1. The Labute approximate surface area is 131 Å². The molecule has 0 radical (unpaired) electrons. The highest BCUT2D eigenvalue weighted by molar-refractivity contribution is 5.95. The summed E-state index contributed by atoms with van der Waals surface area (Å²) in [5.41, 5.74) is 0.893. The Bertz CT molecular complexity index is 537. The minimum atomic E-state index is -0.457. The zero-order chi connectivity index (χ0) is 15.4. The summed E-state index contributed by atoms with van der Waals surface area (Å²) in [5.74, 6) is -0.0206. The Morgan fingerprint density at radius 3 is 2.77 bits per heavy atom. The fourth-order valence-electron chi connectivity index (χ4n) is 4.37. The van der Waals surface area contributed by atoms with Crippen LogP contribution in [0.4, 0.5) is 0 Å². The number of rotatable bonds is 4. The van der Waals surface area contributed by atoms with Gasteiger partial charge in [-0.15, -0.1) is 0 Å². The highest BCUT2D eigenvalue weighted by atomic mass is 16.6. The smallest absolute Gasteiger partial charge is 0.184 e. The lowest BCUT2D eigenvalue weighted by molar-refractivity contribution is -0.132. The van der Waals surface area contributed by atoms with Crippen LogP contribution in [0.1, 0.15) is 39.0 Å². The van der Waals surface area contributed by atoms with Gasteiger partial charge in [0, 0.05) is 7.11 Å². The molecular weight excluding hydrogens is 280 g/mol. The summed E-state index contributed by atoms with van der Waals surface area (Å²) >= 11 is 0. The predicted octanol–water partition coefficient (Wildman–Crippen LogP) is 2.57. The Balaban J connectivity index is 1.52. The Hall–Kier alpha value is -0.970. The van der Waals surface area contributed by atoms with E-state index in [0.29, 0.717) is 6.61 Å². The summed E-state index contributed by atoms with van der Waals surface area (Å²) in [5, 5.41) is 0. The molecule has 0 aromatic carbocycles. The Morgan fingerprint density at radius 1 is 1.41 bits per heavy atom. The normalized spacial score (nSPS) is 46.4. The monoisotopic (exact) mass is 304 g/mol. The van der Waals surface area contributed by atoms with Crippen LogP contribution >= 0.6 is 0 Å². The van der Waals surface area contributed by atoms with Crippen LogP contribution in [-0.2, 0) is 19.0 Å². The highest BCUT2D eigenvalue weighted by Crippen LogP contribution is 2.57. The molecule has 0 N–H and O–H groups in total. The van der Waals surface area contributed by atoms with Gasteiger partial charge < -0.3 is 14.2 Å². The van der Waals surface area contributed by atoms with Gasteiger partial charge in [-0.2, -0.15) is 0 Å². The molecule has 4 rings (SSSR count). The number of hydrogen-bond donors (Lipinski definition) is 0. The van der Waals surface area contributed by atoms with Crippen molar-refractivity contribution in [3.8, 4) is 0 Å². The standard InChI is InChI=1S/C18H24O4/c1-17(14(22-17)8-7-12-5-3-4-6-12)16-15(20-2)13(19)9-10-18(16)11-21-18/h7,9-10,14-16H,3-6,8,11H2,1-2H3. The van der Waals surface area contributed by atoms with E-state index in [1.165, 1.54) is 25.7 Å². The molecule has 5 atom stereocenters. The minimum Gasteiger partial charge on any atom is -0.373 e. The predicted molar refractivity (Wildman–Crippen MR) is 81.6 cm³/mol. The average Bonchev–Trinajstić information content (AvgIpc) is 3.35. The zero-order valence-electron chi connectivity index (χ0n) is 13.3. The summed E-state index contributed by atoms with van der Waals surface area (Å²) in [4.78, 5) is 12.2. The van der Waals surface area contributed by atoms with Crippen LogP contribution in [0.25, 0.3) is 0 Å². The number of methoxy groups -OCH3 is 1. The van der Waals surface area contributed by atoms with Crippen molar-refractivity contribution in [3.05, 3.63) is 23.8 Å². The number of hydrogen-bond acceptors (Lipinski definition) is 4. The summed E-state index contributed by atoms with van der Waals surface area (Å²) < 4.78 is 17.3. The van der Waals surface area contributed by atoms with Gasteiger partial charge in [0.2, 0.25) is 0 Å². The molecule has 4 heteroatoms. The topological polar surface area (TPSA) is 51.4 Å². The van der Waals surface area contributed by atoms with Gasteiger partial charge in [-0.25, -0.2) is 0 Å². The summed E-state index contributed by atoms with van der Waals surface area (Å²) in [6.07, 6.45) is 11.6. The van der Waals surface area contributed by atoms with Crippen molar-refractivity contribution in [2.24, 2.45) is 5.92 Å². The van der Waals surface area contributed by atoms with Crippen LogP contribution in [0, 0.1) is 5.92 Å². The fourth-order valence-corrected chi connectivity index (χ4v) is 4.37. The molecule has 2 aliphatic carbocycles. The second kappa shape index (κ2) is 5.02. The number of ketones is 1. The van der Waals surface area contributed by atoms with Crippen molar-refractivity contribution in [1.82, 2.24) is 0 Å². The van der Waals surface area contributed by atoms with Crippen LogP contribution in [-0.4, -0.2) is 42.9 Å². The molecule has 0 aromatic rings. The number of allylic oxidation sites excluding steroid dienone is 1. The first kappa shape index (κ1) is 14.6. The van der Waals surface area contributed by atoms with Crippen LogP contribution in [0.2, 0.25) is 0 Å². The fraction of sp³-hybridized carbons (Fsp3) is 0.722. The largest absolute Gasteiger partial charge is 0.373 e. The number of carbonyl (C=O) groups excluding carboxylic acids is 1. The number of epoxide rings is 2. The average molecular weight is 304 g/mol. The van der Waals surface area contributed by atoms with Gasteiger partial charge in [-0.3, -0.25) is 4.79 Å². The zero-order valence-corrected chi connectivity index (χ0v) is 13.3. The van der Waals surface area contributed by atoms with Crippen molar-refractivity contribution >= 4 is 5.78 Å². The maximum atomic E-state index is 12.2. The molecule has 3 fully saturated rings. The SMILES string of the molecule is COC1C(=O)C=CC2(CO2)C1C1(C)OC1CC=C1CCCC1. The van der Waals surface area contributed by atoms with E-state index in [0.717, 1.165) is 6.42 Å². The third-order valence-electron chi connectivity index (χ3n) is 5.83. The van der Waals surface area contributed by atoms with Gasteiger partial charge in [-0.05, 0) is 51.2 Å². The lowest BCUT2D eigenvalue weighted by atomic mass is 9.72. The molecule has 4 aliphatic rings. The van der Waals surface area contributed by atoms with Crippen molar-refractivity contribution in [2.75, 3.05) is 13.7 Å². The van der Waals surface area contributed by atoms with E-state index in [-0.39, 0.29) is 29.0 Å². The Morgan fingerprint density at radius 2 is 2.14 bits per heavy atom. The molecule has 120 valence electrons. The molecule has 22 heavy (non-hydrogen) atoms. The van der Waals surface area contributed by atoms with E-state index in [9.17, 15) is 4.79 Å². The van der Waals surface area contributed by atoms with Crippen molar-refractivity contribution in [2.45, 2.75) is 62.4 Å². The molecule has 0 aromatic heterocycles. The maximum Gasteiger partial charge on any atom is 0.184 e. The van der Waals surface area contributed by atoms with Crippen LogP contribution < -0.4 is 0 Å². The first-order chi connectivity index (χ1) is 10.6. The molecule has 2 aliphatic heterocycles. The Kier molecular flexibility index (Phi) is 3.33. The molecule has 4 nitrogen and oxygen atoms in total. The van der Waals surface area contributed by atoms with Crippen molar-refractivity contribution < 1.29 is 19.0 Å². The molecule has 2 saturated heterocycles. The van der Waals surface area contributed by atoms with Gasteiger partial charge in [0.25, 0.3) is 0 Å². The second-order valence-corrected chi connectivity index (χ2v) is 7.21.